The van der Waals surface area contributed by atoms with Crippen molar-refractivity contribution in [2.45, 2.75) is 24.9 Å². The number of anilines is 1. The van der Waals surface area contributed by atoms with Crippen molar-refractivity contribution in [3.63, 3.8) is 0 Å². The number of carbonyl (C=O) groups excluding carboxylic acids is 1. The topological polar surface area (TPSA) is 68.5 Å². The number of benzene rings is 1. The van der Waals surface area contributed by atoms with Crippen LogP contribution in [0.15, 0.2) is 29.6 Å². The Morgan fingerprint density at radius 3 is 2.96 bits per heavy atom. The lowest BCUT2D eigenvalue weighted by Crippen LogP contribution is -2.47. The van der Waals surface area contributed by atoms with E-state index in [0.29, 0.717) is 23.8 Å². The standard InChI is InChI=1S/C19H19N3O2S2/c20-18-21-14-11-13(1-2-15(14)26-18)17(23)22-7-5-19(6-8-22)16-12(3-9-24-19)4-10-25-16/h1-2,4,10-11H,3,5-9H2,(H2,20,21). The highest BCUT2D eigenvalue weighted by atomic mass is 32.1. The summed E-state index contributed by atoms with van der Waals surface area (Å²) in [4.78, 5) is 20.6. The van der Waals surface area contributed by atoms with Gasteiger partial charge in [-0.15, -0.1) is 11.3 Å². The summed E-state index contributed by atoms with van der Waals surface area (Å²) in [6.07, 6.45) is 2.72. The van der Waals surface area contributed by atoms with Gasteiger partial charge in [0.2, 0.25) is 0 Å². The lowest BCUT2D eigenvalue weighted by atomic mass is 9.85. The molecule has 1 saturated heterocycles. The predicted molar refractivity (Wildman–Crippen MR) is 105 cm³/mol. The van der Waals surface area contributed by atoms with E-state index in [1.165, 1.54) is 21.8 Å². The largest absolute Gasteiger partial charge is 0.375 e. The van der Waals surface area contributed by atoms with E-state index in [0.717, 1.165) is 36.1 Å². The van der Waals surface area contributed by atoms with E-state index in [2.05, 4.69) is 16.4 Å². The second-order valence-corrected chi connectivity index (χ2v) is 8.87. The van der Waals surface area contributed by atoms with Gasteiger partial charge in [-0.25, -0.2) is 4.98 Å². The van der Waals surface area contributed by atoms with Crippen molar-refractivity contribution in [3.8, 4) is 0 Å². The summed E-state index contributed by atoms with van der Waals surface area (Å²) in [7, 11) is 0. The minimum Gasteiger partial charge on any atom is -0.375 e. The summed E-state index contributed by atoms with van der Waals surface area (Å²) in [6.45, 7) is 2.21. The van der Waals surface area contributed by atoms with Crippen molar-refractivity contribution < 1.29 is 9.53 Å². The van der Waals surface area contributed by atoms with Crippen molar-refractivity contribution in [1.82, 2.24) is 9.88 Å². The van der Waals surface area contributed by atoms with Crippen LogP contribution in [-0.2, 0) is 16.8 Å². The van der Waals surface area contributed by atoms with Crippen LogP contribution in [0.3, 0.4) is 0 Å². The molecule has 0 aliphatic carbocycles. The molecule has 0 radical (unpaired) electrons. The van der Waals surface area contributed by atoms with Crippen LogP contribution in [0.4, 0.5) is 5.13 Å². The zero-order valence-electron chi connectivity index (χ0n) is 14.2. The van der Waals surface area contributed by atoms with Gasteiger partial charge in [0.15, 0.2) is 5.13 Å². The number of thiazole rings is 1. The van der Waals surface area contributed by atoms with Crippen LogP contribution in [0.2, 0.25) is 0 Å². The van der Waals surface area contributed by atoms with E-state index in [9.17, 15) is 4.79 Å². The average Bonchev–Trinajstić information content (AvgIpc) is 3.27. The molecule has 1 fully saturated rings. The van der Waals surface area contributed by atoms with Gasteiger partial charge in [-0.2, -0.15) is 0 Å². The summed E-state index contributed by atoms with van der Waals surface area (Å²) in [5, 5.41) is 2.69. The van der Waals surface area contributed by atoms with Gasteiger partial charge in [0.25, 0.3) is 5.91 Å². The first-order valence-electron chi connectivity index (χ1n) is 8.81. The fourth-order valence-electron chi connectivity index (χ4n) is 4.06. The molecular weight excluding hydrogens is 366 g/mol. The molecule has 5 nitrogen and oxygen atoms in total. The number of likely N-dealkylation sites (tertiary alicyclic amines) is 1. The van der Waals surface area contributed by atoms with Crippen LogP contribution in [0.25, 0.3) is 10.2 Å². The van der Waals surface area contributed by atoms with Crippen LogP contribution >= 0.6 is 22.7 Å². The number of nitrogen functional groups attached to an aromatic ring is 1. The Labute approximate surface area is 159 Å². The minimum absolute atomic E-state index is 0.0653. The molecule has 2 aliphatic rings. The van der Waals surface area contributed by atoms with E-state index in [-0.39, 0.29) is 11.5 Å². The Kier molecular flexibility index (Phi) is 3.77. The number of aromatic nitrogens is 1. The molecular formula is C19H19N3O2S2. The molecule has 7 heteroatoms. The zero-order valence-corrected chi connectivity index (χ0v) is 15.9. The van der Waals surface area contributed by atoms with Crippen LogP contribution in [-0.4, -0.2) is 35.5 Å². The van der Waals surface area contributed by atoms with Gasteiger partial charge >= 0.3 is 0 Å². The Morgan fingerprint density at radius 2 is 2.12 bits per heavy atom. The molecule has 1 amide bonds. The highest BCUT2D eigenvalue weighted by Crippen LogP contribution is 2.44. The van der Waals surface area contributed by atoms with Gasteiger partial charge in [0, 0.05) is 23.5 Å². The van der Waals surface area contributed by atoms with Crippen LogP contribution in [0.5, 0.6) is 0 Å². The van der Waals surface area contributed by atoms with Gasteiger partial charge in [-0.05, 0) is 54.5 Å². The van der Waals surface area contributed by atoms with E-state index in [1.54, 1.807) is 11.3 Å². The molecule has 0 unspecified atom stereocenters. The summed E-state index contributed by atoms with van der Waals surface area (Å²) in [5.41, 5.74) is 8.48. The quantitative estimate of drug-likeness (QED) is 0.694. The van der Waals surface area contributed by atoms with Gasteiger partial charge in [0.1, 0.15) is 5.60 Å². The van der Waals surface area contributed by atoms with Crippen molar-refractivity contribution in [3.05, 3.63) is 45.6 Å². The molecule has 26 heavy (non-hydrogen) atoms. The Balaban J connectivity index is 1.36. The normalized spacial score (nSPS) is 19.0. The third kappa shape index (κ3) is 2.53. The number of nitrogens with two attached hydrogens (primary N) is 1. The number of rotatable bonds is 1. The van der Waals surface area contributed by atoms with Crippen molar-refractivity contribution in [2.24, 2.45) is 0 Å². The number of hydrogen-bond acceptors (Lipinski definition) is 6. The van der Waals surface area contributed by atoms with Gasteiger partial charge in [0.05, 0.1) is 16.8 Å². The zero-order chi connectivity index (χ0) is 17.7. The summed E-state index contributed by atoms with van der Waals surface area (Å²) >= 11 is 3.24. The van der Waals surface area contributed by atoms with Crippen molar-refractivity contribution >= 4 is 43.9 Å². The van der Waals surface area contributed by atoms with E-state index in [1.807, 2.05) is 23.1 Å². The molecule has 0 saturated carbocycles. The van der Waals surface area contributed by atoms with E-state index < -0.39 is 0 Å². The average molecular weight is 386 g/mol. The van der Waals surface area contributed by atoms with Gasteiger partial charge in [-0.1, -0.05) is 11.3 Å². The summed E-state index contributed by atoms with van der Waals surface area (Å²) in [6, 6.07) is 7.88. The molecule has 1 aromatic carbocycles. The monoisotopic (exact) mass is 385 g/mol. The number of piperidine rings is 1. The summed E-state index contributed by atoms with van der Waals surface area (Å²) in [5.74, 6) is 0.0653. The number of thiophene rings is 1. The second kappa shape index (κ2) is 6.04. The fourth-order valence-corrected chi connectivity index (χ4v) is 5.94. The SMILES string of the molecule is Nc1nc2cc(C(=O)N3CCC4(CC3)OCCc3ccsc34)ccc2s1. The molecule has 1 spiro atoms. The molecule has 2 aliphatic heterocycles. The Bertz CT molecular complexity index is 986. The lowest BCUT2D eigenvalue weighted by Gasteiger charge is -2.43. The smallest absolute Gasteiger partial charge is 0.253 e. The first kappa shape index (κ1) is 16.2. The van der Waals surface area contributed by atoms with Crippen LogP contribution < -0.4 is 5.73 Å². The van der Waals surface area contributed by atoms with Gasteiger partial charge < -0.3 is 15.4 Å². The first-order chi connectivity index (χ1) is 12.6. The Hall–Kier alpha value is -1.96. The highest BCUT2D eigenvalue weighted by Gasteiger charge is 2.42. The Morgan fingerprint density at radius 1 is 1.27 bits per heavy atom. The maximum absolute atomic E-state index is 12.9. The van der Waals surface area contributed by atoms with Crippen molar-refractivity contribution in [2.75, 3.05) is 25.4 Å². The van der Waals surface area contributed by atoms with E-state index in [4.69, 9.17) is 10.5 Å². The maximum atomic E-state index is 12.9. The predicted octanol–water partition coefficient (Wildman–Crippen LogP) is 3.64. The molecule has 0 atom stereocenters. The van der Waals surface area contributed by atoms with E-state index >= 15 is 0 Å². The third-order valence-electron chi connectivity index (χ3n) is 5.42. The van der Waals surface area contributed by atoms with Crippen LogP contribution in [0, 0.1) is 0 Å². The molecule has 3 aromatic rings. The van der Waals surface area contributed by atoms with Crippen LogP contribution in [0.1, 0.15) is 33.6 Å². The fraction of sp³-hybridized carbons (Fsp3) is 0.368. The number of ether oxygens (including phenoxy) is 1. The second-order valence-electron chi connectivity index (χ2n) is 6.89. The molecule has 2 N–H and O–H groups in total. The number of hydrogen-bond donors (Lipinski definition) is 1. The number of fused-ring (bicyclic) bond motifs is 3. The van der Waals surface area contributed by atoms with Crippen molar-refractivity contribution in [1.29, 1.82) is 0 Å². The number of amides is 1. The number of nitrogens with zero attached hydrogens (tertiary/aromatic N) is 2. The molecule has 4 heterocycles. The molecule has 134 valence electrons. The number of carbonyl (C=O) groups is 1. The minimum atomic E-state index is -0.189. The van der Waals surface area contributed by atoms with Gasteiger partial charge in [-0.3, -0.25) is 4.79 Å². The molecule has 2 aromatic heterocycles. The summed E-state index contributed by atoms with van der Waals surface area (Å²) < 4.78 is 7.25. The molecule has 5 rings (SSSR count). The first-order valence-corrected chi connectivity index (χ1v) is 10.5. The maximum Gasteiger partial charge on any atom is 0.253 e. The lowest BCUT2D eigenvalue weighted by molar-refractivity contribution is -0.0906. The highest BCUT2D eigenvalue weighted by molar-refractivity contribution is 7.22. The third-order valence-corrected chi connectivity index (χ3v) is 7.43. The molecule has 0 bridgehead atoms.